The maximum atomic E-state index is 12.3. The average Bonchev–Trinajstić information content (AvgIpc) is 3.32. The zero-order valence-corrected chi connectivity index (χ0v) is 18.9. The van der Waals surface area contributed by atoms with Crippen LogP contribution in [0.4, 0.5) is 11.4 Å². The van der Waals surface area contributed by atoms with E-state index >= 15 is 0 Å². The maximum absolute atomic E-state index is 12.3. The fourth-order valence-electron chi connectivity index (χ4n) is 2.90. The van der Waals surface area contributed by atoms with Crippen LogP contribution < -0.4 is 15.0 Å². The Morgan fingerprint density at radius 1 is 1.03 bits per heavy atom. The number of thiophene rings is 1. The van der Waals surface area contributed by atoms with Gasteiger partial charge in [-0.05, 0) is 67.3 Å². The molecular formula is C22H24N4O3S2. The summed E-state index contributed by atoms with van der Waals surface area (Å²) in [6.45, 7) is 6.10. The van der Waals surface area contributed by atoms with E-state index in [0.29, 0.717) is 11.3 Å². The smallest absolute Gasteiger partial charge is 0.271 e. The lowest BCUT2D eigenvalue weighted by atomic mass is 10.2. The van der Waals surface area contributed by atoms with E-state index in [1.165, 1.54) is 30.3 Å². The summed E-state index contributed by atoms with van der Waals surface area (Å²) in [5.74, 6) is -0.385. The summed E-state index contributed by atoms with van der Waals surface area (Å²) in [7, 11) is -3.62. The van der Waals surface area contributed by atoms with Crippen molar-refractivity contribution in [3.63, 3.8) is 0 Å². The van der Waals surface area contributed by atoms with Crippen molar-refractivity contribution < 1.29 is 13.2 Å². The molecule has 2 aromatic carbocycles. The Morgan fingerprint density at radius 3 is 2.29 bits per heavy atom. The number of sulfonamides is 1. The predicted octanol–water partition coefficient (Wildman–Crippen LogP) is 4.16. The van der Waals surface area contributed by atoms with E-state index in [2.05, 4.69) is 34.0 Å². The number of nitrogens with one attached hydrogen (secondary N) is 2. The van der Waals surface area contributed by atoms with Gasteiger partial charge in [-0.3, -0.25) is 9.52 Å². The number of carbonyl (C=O) groups excluding carboxylic acids is 1. The van der Waals surface area contributed by atoms with Crippen molar-refractivity contribution in [1.82, 2.24) is 5.43 Å². The highest BCUT2D eigenvalue weighted by atomic mass is 32.2. The van der Waals surface area contributed by atoms with Gasteiger partial charge in [0.15, 0.2) is 0 Å². The molecule has 2 N–H and O–H groups in total. The molecule has 3 aromatic rings. The second-order valence-corrected chi connectivity index (χ2v) is 9.43. The van der Waals surface area contributed by atoms with E-state index in [9.17, 15) is 13.2 Å². The van der Waals surface area contributed by atoms with E-state index in [-0.39, 0.29) is 10.1 Å². The molecule has 0 spiro atoms. The highest BCUT2D eigenvalue weighted by Gasteiger charge is 2.15. The van der Waals surface area contributed by atoms with Gasteiger partial charge in [0.05, 0.1) is 6.21 Å². The van der Waals surface area contributed by atoms with Gasteiger partial charge >= 0.3 is 0 Å². The van der Waals surface area contributed by atoms with Crippen LogP contribution in [0, 0.1) is 0 Å². The number of rotatable bonds is 9. The Kier molecular flexibility index (Phi) is 7.43. The zero-order chi connectivity index (χ0) is 22.3. The highest BCUT2D eigenvalue weighted by molar-refractivity contribution is 7.94. The first-order chi connectivity index (χ1) is 14.9. The van der Waals surface area contributed by atoms with Gasteiger partial charge in [-0.2, -0.15) is 5.10 Å². The van der Waals surface area contributed by atoms with E-state index in [4.69, 9.17) is 0 Å². The number of amides is 1. The monoisotopic (exact) mass is 456 g/mol. The number of hydrogen-bond donors (Lipinski definition) is 2. The Balaban J connectivity index is 1.57. The third-order valence-corrected chi connectivity index (χ3v) is 7.34. The molecule has 1 amide bonds. The molecule has 0 bridgehead atoms. The minimum absolute atomic E-state index is 0.230. The first-order valence-corrected chi connectivity index (χ1v) is 12.1. The number of carbonyl (C=O) groups is 1. The third kappa shape index (κ3) is 5.93. The van der Waals surface area contributed by atoms with Gasteiger partial charge in [0.2, 0.25) is 0 Å². The molecule has 3 rings (SSSR count). The summed E-state index contributed by atoms with van der Waals surface area (Å²) in [5, 5.41) is 5.70. The van der Waals surface area contributed by atoms with E-state index < -0.39 is 10.0 Å². The van der Waals surface area contributed by atoms with Gasteiger partial charge in [0, 0.05) is 30.0 Å². The van der Waals surface area contributed by atoms with Crippen molar-refractivity contribution in [2.45, 2.75) is 18.1 Å². The van der Waals surface area contributed by atoms with Gasteiger partial charge in [0.25, 0.3) is 15.9 Å². The number of hydrogen-bond acceptors (Lipinski definition) is 6. The molecule has 0 saturated heterocycles. The molecule has 0 saturated carbocycles. The molecule has 7 nitrogen and oxygen atoms in total. The van der Waals surface area contributed by atoms with E-state index in [1.807, 2.05) is 24.3 Å². The molecule has 0 aliphatic heterocycles. The summed E-state index contributed by atoms with van der Waals surface area (Å²) < 4.78 is 27.2. The standard InChI is InChI=1S/C22H24N4O3S2/c1-3-26(4-2)20-13-7-17(8-14-20)16-23-24-22(27)18-9-11-19(12-10-18)25-31(28,29)21-6-5-15-30-21/h5-16,25H,3-4H2,1-2H3,(H,24,27)/b23-16-. The molecule has 1 heterocycles. The van der Waals surface area contributed by atoms with Gasteiger partial charge < -0.3 is 4.90 Å². The Morgan fingerprint density at radius 2 is 1.71 bits per heavy atom. The average molecular weight is 457 g/mol. The lowest BCUT2D eigenvalue weighted by molar-refractivity contribution is 0.0955. The predicted molar refractivity (Wildman–Crippen MR) is 127 cm³/mol. The summed E-state index contributed by atoms with van der Waals surface area (Å²) in [6, 6.07) is 17.3. The molecule has 9 heteroatoms. The lowest BCUT2D eigenvalue weighted by Crippen LogP contribution is -2.21. The molecule has 0 unspecified atom stereocenters. The SMILES string of the molecule is CCN(CC)c1ccc(/C=N\NC(=O)c2ccc(NS(=O)(=O)c3cccs3)cc2)cc1. The van der Waals surface area contributed by atoms with Crippen LogP contribution in [0.2, 0.25) is 0 Å². The van der Waals surface area contributed by atoms with Crippen LogP contribution in [0.1, 0.15) is 29.8 Å². The largest absolute Gasteiger partial charge is 0.372 e. The summed E-state index contributed by atoms with van der Waals surface area (Å²) in [6.07, 6.45) is 1.58. The van der Waals surface area contributed by atoms with Crippen LogP contribution in [-0.4, -0.2) is 33.6 Å². The van der Waals surface area contributed by atoms with Crippen molar-refractivity contribution in [2.24, 2.45) is 5.10 Å². The fourth-order valence-corrected chi connectivity index (χ4v) is 4.95. The molecule has 0 fully saturated rings. The van der Waals surface area contributed by atoms with Gasteiger partial charge in [0.1, 0.15) is 4.21 Å². The summed E-state index contributed by atoms with van der Waals surface area (Å²) >= 11 is 1.14. The molecule has 162 valence electrons. The third-order valence-electron chi connectivity index (χ3n) is 4.56. The highest BCUT2D eigenvalue weighted by Crippen LogP contribution is 2.20. The Bertz CT molecular complexity index is 1120. The minimum Gasteiger partial charge on any atom is -0.372 e. The lowest BCUT2D eigenvalue weighted by Gasteiger charge is -2.20. The van der Waals surface area contributed by atoms with Gasteiger partial charge in [-0.15, -0.1) is 11.3 Å². The van der Waals surface area contributed by atoms with Crippen LogP contribution in [0.3, 0.4) is 0 Å². The zero-order valence-electron chi connectivity index (χ0n) is 17.3. The maximum Gasteiger partial charge on any atom is 0.271 e. The number of hydrazone groups is 1. The summed E-state index contributed by atoms with van der Waals surface area (Å²) in [4.78, 5) is 14.5. The number of anilines is 2. The van der Waals surface area contributed by atoms with E-state index in [1.54, 1.807) is 17.7 Å². The van der Waals surface area contributed by atoms with Crippen molar-refractivity contribution in [2.75, 3.05) is 22.7 Å². The first kappa shape index (κ1) is 22.5. The second kappa shape index (κ2) is 10.2. The normalized spacial score (nSPS) is 11.4. The van der Waals surface area contributed by atoms with Crippen LogP contribution in [0.5, 0.6) is 0 Å². The van der Waals surface area contributed by atoms with Crippen molar-refractivity contribution in [3.05, 3.63) is 77.2 Å². The molecule has 31 heavy (non-hydrogen) atoms. The van der Waals surface area contributed by atoms with Crippen molar-refractivity contribution >= 4 is 44.9 Å². The van der Waals surface area contributed by atoms with Crippen LogP contribution >= 0.6 is 11.3 Å². The van der Waals surface area contributed by atoms with Crippen LogP contribution in [-0.2, 0) is 10.0 Å². The Labute approximate surface area is 186 Å². The quantitative estimate of drug-likeness (QED) is 0.374. The molecular weight excluding hydrogens is 432 g/mol. The number of benzene rings is 2. The fraction of sp³-hybridized carbons (Fsp3) is 0.182. The van der Waals surface area contributed by atoms with Crippen molar-refractivity contribution in [3.8, 4) is 0 Å². The minimum atomic E-state index is -3.62. The molecule has 0 radical (unpaired) electrons. The molecule has 0 aliphatic rings. The second-order valence-electron chi connectivity index (χ2n) is 6.58. The summed E-state index contributed by atoms with van der Waals surface area (Å²) in [5.41, 5.74) is 5.24. The van der Waals surface area contributed by atoms with Gasteiger partial charge in [-0.25, -0.2) is 13.8 Å². The van der Waals surface area contributed by atoms with Crippen LogP contribution in [0.15, 0.2) is 75.4 Å². The van der Waals surface area contributed by atoms with Crippen molar-refractivity contribution in [1.29, 1.82) is 0 Å². The first-order valence-electron chi connectivity index (χ1n) is 9.77. The molecule has 0 atom stereocenters. The van der Waals surface area contributed by atoms with E-state index in [0.717, 1.165) is 35.7 Å². The Hall–Kier alpha value is -3.17. The topological polar surface area (TPSA) is 90.9 Å². The molecule has 0 aliphatic carbocycles. The van der Waals surface area contributed by atoms with Crippen LogP contribution in [0.25, 0.3) is 0 Å². The molecule has 1 aromatic heterocycles. The van der Waals surface area contributed by atoms with Gasteiger partial charge in [-0.1, -0.05) is 18.2 Å². The number of nitrogens with zero attached hydrogens (tertiary/aromatic N) is 2.